The molecule has 2 unspecified atom stereocenters. The number of fused-ring (bicyclic) bond motifs is 1. The van der Waals surface area contributed by atoms with Crippen LogP contribution in [0.1, 0.15) is 37.0 Å². The number of rotatable bonds is 2. The molecule has 2 saturated heterocycles. The fourth-order valence-corrected chi connectivity index (χ4v) is 3.59. The second-order valence-corrected chi connectivity index (χ2v) is 5.98. The predicted octanol–water partition coefficient (Wildman–Crippen LogP) is 2.70. The van der Waals surface area contributed by atoms with E-state index in [-0.39, 0.29) is 17.6 Å². The monoisotopic (exact) mass is 276 g/mol. The summed E-state index contributed by atoms with van der Waals surface area (Å²) in [6.07, 6.45) is 2.40. The first-order valence-corrected chi connectivity index (χ1v) is 7.38. The van der Waals surface area contributed by atoms with Gasteiger partial charge in [-0.25, -0.2) is 4.39 Å². The van der Waals surface area contributed by atoms with Gasteiger partial charge in [-0.05, 0) is 45.4 Å². The van der Waals surface area contributed by atoms with E-state index in [0.29, 0.717) is 17.3 Å². The zero-order chi connectivity index (χ0) is 14.3. The van der Waals surface area contributed by atoms with Crippen LogP contribution in [0.25, 0.3) is 0 Å². The molecule has 0 saturated carbocycles. The molecule has 0 spiro atoms. The van der Waals surface area contributed by atoms with E-state index in [1.807, 2.05) is 0 Å². The molecule has 0 amide bonds. The number of ketones is 1. The maximum Gasteiger partial charge on any atom is 0.161 e. The molecule has 2 aliphatic rings. The maximum absolute atomic E-state index is 14.3. The topological polar surface area (TPSA) is 23.6 Å². The largest absolute Gasteiger partial charge is 0.363 e. The standard InChI is InChI=1S/C16H21FN2O/c1-11-9-18-8-4-5-13(18)10-19(11)16-14(12(2)20)6-3-7-15(16)17/h3,6-7,11,13H,4-5,8-10H2,1-2H3. The average molecular weight is 276 g/mol. The molecule has 0 bridgehead atoms. The summed E-state index contributed by atoms with van der Waals surface area (Å²) in [4.78, 5) is 16.4. The highest BCUT2D eigenvalue weighted by atomic mass is 19.1. The molecule has 3 nitrogen and oxygen atoms in total. The fraction of sp³-hybridized carbons (Fsp3) is 0.562. The van der Waals surface area contributed by atoms with Gasteiger partial charge >= 0.3 is 0 Å². The number of hydrogen-bond acceptors (Lipinski definition) is 3. The summed E-state index contributed by atoms with van der Waals surface area (Å²) in [5.41, 5.74) is 1.00. The molecule has 2 aliphatic heterocycles. The van der Waals surface area contributed by atoms with Gasteiger partial charge in [0, 0.05) is 30.7 Å². The van der Waals surface area contributed by atoms with E-state index in [1.165, 1.54) is 25.8 Å². The lowest BCUT2D eigenvalue weighted by atomic mass is 10.0. The number of para-hydroxylation sites is 1. The van der Waals surface area contributed by atoms with Gasteiger partial charge in [-0.1, -0.05) is 6.07 Å². The summed E-state index contributed by atoms with van der Waals surface area (Å²) in [7, 11) is 0. The minimum atomic E-state index is -0.281. The molecule has 0 aromatic heterocycles. The Morgan fingerprint density at radius 1 is 1.35 bits per heavy atom. The molecule has 1 aromatic rings. The van der Waals surface area contributed by atoms with Crippen molar-refractivity contribution >= 4 is 11.5 Å². The molecule has 0 N–H and O–H groups in total. The van der Waals surface area contributed by atoms with Crippen LogP contribution in [0.5, 0.6) is 0 Å². The highest BCUT2D eigenvalue weighted by Gasteiger charge is 2.36. The number of piperazine rings is 1. The molecule has 2 atom stereocenters. The molecule has 2 heterocycles. The van der Waals surface area contributed by atoms with Crippen LogP contribution in [0.2, 0.25) is 0 Å². The second kappa shape index (κ2) is 5.17. The molecule has 4 heteroatoms. The second-order valence-electron chi connectivity index (χ2n) is 5.98. The van der Waals surface area contributed by atoms with Gasteiger partial charge in [0.05, 0.1) is 5.69 Å². The molecule has 1 aromatic carbocycles. The van der Waals surface area contributed by atoms with Gasteiger partial charge in [0.2, 0.25) is 0 Å². The first-order valence-electron chi connectivity index (χ1n) is 7.38. The number of benzene rings is 1. The van der Waals surface area contributed by atoms with Crippen molar-refractivity contribution in [3.63, 3.8) is 0 Å². The van der Waals surface area contributed by atoms with Gasteiger partial charge in [-0.3, -0.25) is 9.69 Å². The molecule has 0 radical (unpaired) electrons. The van der Waals surface area contributed by atoms with Crippen molar-refractivity contribution < 1.29 is 9.18 Å². The molecule has 0 aliphatic carbocycles. The van der Waals surface area contributed by atoms with Gasteiger partial charge in [0.15, 0.2) is 5.78 Å². The van der Waals surface area contributed by atoms with E-state index >= 15 is 0 Å². The van der Waals surface area contributed by atoms with E-state index in [1.54, 1.807) is 12.1 Å². The van der Waals surface area contributed by atoms with E-state index in [9.17, 15) is 9.18 Å². The number of carbonyl (C=O) groups is 1. The van der Waals surface area contributed by atoms with Gasteiger partial charge in [0.25, 0.3) is 0 Å². The van der Waals surface area contributed by atoms with Crippen LogP contribution >= 0.6 is 0 Å². The number of Topliss-reactive ketones (excluding diaryl/α,β-unsaturated/α-hetero) is 1. The Hall–Kier alpha value is -1.42. The predicted molar refractivity (Wildman–Crippen MR) is 77.8 cm³/mol. The molecule has 2 fully saturated rings. The van der Waals surface area contributed by atoms with E-state index < -0.39 is 0 Å². The number of carbonyl (C=O) groups excluding carboxylic acids is 1. The number of halogens is 1. The third kappa shape index (κ3) is 2.22. The van der Waals surface area contributed by atoms with Crippen LogP contribution in [0.3, 0.4) is 0 Å². The van der Waals surface area contributed by atoms with E-state index in [2.05, 4.69) is 16.7 Å². The van der Waals surface area contributed by atoms with Crippen molar-refractivity contribution in [3.05, 3.63) is 29.6 Å². The Morgan fingerprint density at radius 2 is 2.15 bits per heavy atom. The zero-order valence-corrected chi connectivity index (χ0v) is 12.1. The summed E-state index contributed by atoms with van der Waals surface area (Å²) in [6, 6.07) is 5.54. The maximum atomic E-state index is 14.3. The van der Waals surface area contributed by atoms with Crippen molar-refractivity contribution in [2.24, 2.45) is 0 Å². The van der Waals surface area contributed by atoms with Crippen LogP contribution in [-0.4, -0.2) is 42.4 Å². The Balaban J connectivity index is 1.97. The smallest absolute Gasteiger partial charge is 0.161 e. The van der Waals surface area contributed by atoms with Crippen LogP contribution < -0.4 is 4.90 Å². The molecule has 20 heavy (non-hydrogen) atoms. The highest BCUT2D eigenvalue weighted by molar-refractivity contribution is 6.00. The van der Waals surface area contributed by atoms with Crippen molar-refractivity contribution in [1.82, 2.24) is 4.90 Å². The van der Waals surface area contributed by atoms with E-state index in [4.69, 9.17) is 0 Å². The van der Waals surface area contributed by atoms with Gasteiger partial charge in [-0.15, -0.1) is 0 Å². The Morgan fingerprint density at radius 3 is 2.90 bits per heavy atom. The minimum absolute atomic E-state index is 0.0689. The van der Waals surface area contributed by atoms with Crippen molar-refractivity contribution in [2.75, 3.05) is 24.5 Å². The number of nitrogens with zero attached hydrogens (tertiary/aromatic N) is 2. The van der Waals surface area contributed by atoms with Crippen molar-refractivity contribution in [2.45, 2.75) is 38.8 Å². The average Bonchev–Trinajstić information content (AvgIpc) is 2.84. The van der Waals surface area contributed by atoms with Crippen LogP contribution in [-0.2, 0) is 0 Å². The fourth-order valence-electron chi connectivity index (χ4n) is 3.59. The summed E-state index contributed by atoms with van der Waals surface area (Å²) < 4.78 is 14.3. The third-order valence-electron chi connectivity index (χ3n) is 4.59. The number of hydrogen-bond donors (Lipinski definition) is 0. The quantitative estimate of drug-likeness (QED) is 0.776. The van der Waals surface area contributed by atoms with E-state index in [0.717, 1.165) is 19.6 Å². The van der Waals surface area contributed by atoms with Crippen molar-refractivity contribution in [3.8, 4) is 0 Å². The molecule has 108 valence electrons. The Kier molecular flexibility index (Phi) is 3.50. The Labute approximate surface area is 119 Å². The van der Waals surface area contributed by atoms with Crippen molar-refractivity contribution in [1.29, 1.82) is 0 Å². The van der Waals surface area contributed by atoms with Gasteiger partial charge in [0.1, 0.15) is 5.82 Å². The lowest BCUT2D eigenvalue weighted by Crippen LogP contribution is -2.55. The van der Waals surface area contributed by atoms with Gasteiger partial charge in [-0.2, -0.15) is 0 Å². The first kappa shape index (κ1) is 13.6. The number of anilines is 1. The molecule has 3 rings (SSSR count). The summed E-state index contributed by atoms with van der Waals surface area (Å²) in [6.45, 7) is 6.55. The first-order chi connectivity index (χ1) is 9.58. The zero-order valence-electron chi connectivity index (χ0n) is 12.1. The molecular formula is C16H21FN2O. The van der Waals surface area contributed by atoms with Crippen LogP contribution in [0.4, 0.5) is 10.1 Å². The lowest BCUT2D eigenvalue weighted by molar-refractivity contribution is 0.101. The lowest BCUT2D eigenvalue weighted by Gasteiger charge is -2.44. The summed E-state index contributed by atoms with van der Waals surface area (Å²) >= 11 is 0. The SMILES string of the molecule is CC(=O)c1cccc(F)c1N1CC2CCCN2CC1C. The summed E-state index contributed by atoms with van der Waals surface area (Å²) in [5.74, 6) is -0.350. The third-order valence-corrected chi connectivity index (χ3v) is 4.59. The van der Waals surface area contributed by atoms with Gasteiger partial charge < -0.3 is 4.90 Å². The summed E-state index contributed by atoms with van der Waals surface area (Å²) in [5, 5.41) is 0. The Bertz CT molecular complexity index is 531. The minimum Gasteiger partial charge on any atom is -0.363 e. The van der Waals surface area contributed by atoms with Crippen LogP contribution in [0.15, 0.2) is 18.2 Å². The molecular weight excluding hydrogens is 255 g/mol. The normalized spacial score (nSPS) is 26.6. The van der Waals surface area contributed by atoms with Crippen LogP contribution in [0, 0.1) is 5.82 Å². The highest BCUT2D eigenvalue weighted by Crippen LogP contribution is 2.32.